The van der Waals surface area contributed by atoms with E-state index in [4.69, 9.17) is 44.9 Å². The molecule has 0 saturated carbocycles. The third kappa shape index (κ3) is 19.6. The lowest BCUT2D eigenvalue weighted by Crippen LogP contribution is -2.61. The molecular weight excluding hydrogens is 1190 g/mol. The van der Waals surface area contributed by atoms with Crippen LogP contribution in [0.15, 0.2) is 56.8 Å². The normalized spacial score (nSPS) is 21.1. The molecule has 0 radical (unpaired) electrons. The minimum Gasteiger partial charge on any atom is -0.480 e. The van der Waals surface area contributed by atoms with E-state index in [-0.39, 0.29) is 128 Å². The average Bonchev–Trinajstić information content (AvgIpc) is 2.14. The van der Waals surface area contributed by atoms with Crippen LogP contribution >= 0.6 is 11.3 Å². The largest absolute Gasteiger partial charge is 0.480 e. The highest BCUT2D eigenvalue weighted by molar-refractivity contribution is 7.09. The van der Waals surface area contributed by atoms with E-state index < -0.39 is 139 Å². The smallest absolute Gasteiger partial charge is 0.326 e. The molecular formula is C56H85N19O14S. The summed E-state index contributed by atoms with van der Waals surface area (Å²) >= 11 is 1.25. The monoisotopic (exact) mass is 1280 g/mol. The maximum Gasteiger partial charge on any atom is 0.326 e. The summed E-state index contributed by atoms with van der Waals surface area (Å²) in [7, 11) is 1.38. The van der Waals surface area contributed by atoms with Gasteiger partial charge in [-0.05, 0) is 73.9 Å². The molecule has 1 aromatic heterocycles. The molecule has 0 spiro atoms. The Morgan fingerprint density at radius 2 is 1.27 bits per heavy atom. The Kier molecular flexibility index (Phi) is 26.4. The second-order valence-corrected chi connectivity index (χ2v) is 23.5. The fourth-order valence-corrected chi connectivity index (χ4v) is 12.1. The number of carboxylic acid groups (broad SMARTS) is 1. The van der Waals surface area contributed by atoms with Crippen LogP contribution in [0.2, 0.25) is 0 Å². The SMILES string of the molecule is CO[C@@H]1C[C@H](C(=O)N2Cc3ccccc3C[C@H]2C(=O)N[C@@H](CCCN=C(N)N)C(=O)O)N(C(=O)[C@H](CO)NC(=O)[C@H](Cc2cccs2)NC(=O)CNC(=O)[C@@H]2C[C@@H](O)CN2C(=O)[C@@H]2CCCN2C(=O)[C@H](CCCN=C(N)N)NC(=O)[C@H](N)CCCN=C(N)N)C1. The number of carboxylic acids is 1. The third-order valence-electron chi connectivity index (χ3n) is 16.0. The van der Waals surface area contributed by atoms with Crippen molar-refractivity contribution in [3.63, 3.8) is 0 Å². The fourth-order valence-electron chi connectivity index (χ4n) is 11.4. The predicted octanol–water partition coefficient (Wildman–Crippen LogP) is -6.57. The Morgan fingerprint density at radius 3 is 1.88 bits per heavy atom. The summed E-state index contributed by atoms with van der Waals surface area (Å²) in [5, 5.41) is 46.2. The summed E-state index contributed by atoms with van der Waals surface area (Å²) in [6.45, 7) is -1.69. The number of hydrogen-bond donors (Lipinski definition) is 15. The molecule has 9 amide bonds. The molecule has 33 nitrogen and oxygen atoms in total. The number of aliphatic imine (C=N–C) groups is 3. The number of β-amino-alcohol motifs (C(OH)–C–C–N with tert-alkyl or cyclic N) is 1. The van der Waals surface area contributed by atoms with Gasteiger partial charge in [0.1, 0.15) is 48.3 Å². The van der Waals surface area contributed by atoms with E-state index in [2.05, 4.69) is 41.6 Å². The van der Waals surface area contributed by atoms with Gasteiger partial charge in [0.2, 0.25) is 53.2 Å². The van der Waals surface area contributed by atoms with Crippen molar-refractivity contribution in [1.29, 1.82) is 0 Å². The molecule has 90 heavy (non-hydrogen) atoms. The first-order valence-corrected chi connectivity index (χ1v) is 30.5. The average molecular weight is 1280 g/mol. The Labute approximate surface area is 523 Å². The Bertz CT molecular complexity index is 2960. The number of guanidine groups is 3. The first kappa shape index (κ1) is 70.4. The van der Waals surface area contributed by atoms with E-state index in [1.807, 2.05) is 0 Å². The topological polar surface area (TPSA) is 533 Å². The van der Waals surface area contributed by atoms with Gasteiger partial charge in [-0.3, -0.25) is 58.1 Å². The maximum atomic E-state index is 14.9. The molecule has 3 fully saturated rings. The number of thiophene rings is 1. The molecule has 0 aliphatic carbocycles. The molecule has 2 aromatic rings. The van der Waals surface area contributed by atoms with Gasteiger partial charge in [-0.2, -0.15) is 0 Å². The van der Waals surface area contributed by atoms with E-state index in [1.54, 1.807) is 41.8 Å². The quantitative estimate of drug-likeness (QED) is 0.0190. The Hall–Kier alpha value is -8.73. The number of methoxy groups -OCH3 is 1. The van der Waals surface area contributed by atoms with E-state index in [9.17, 15) is 63.3 Å². The second kappa shape index (κ2) is 33.7. The highest BCUT2D eigenvalue weighted by atomic mass is 32.1. The number of aliphatic hydroxyl groups is 2. The predicted molar refractivity (Wildman–Crippen MR) is 327 cm³/mol. The molecule has 6 rings (SSSR count). The van der Waals surface area contributed by atoms with Crippen molar-refractivity contribution >= 4 is 88.3 Å². The number of carbonyl (C=O) groups excluding carboxylic acids is 9. The summed E-state index contributed by atoms with van der Waals surface area (Å²) in [4.78, 5) is 157. The highest BCUT2D eigenvalue weighted by Gasteiger charge is 2.49. The van der Waals surface area contributed by atoms with Gasteiger partial charge in [-0.25, -0.2) is 4.79 Å². The van der Waals surface area contributed by atoms with Gasteiger partial charge in [-0.1, -0.05) is 30.3 Å². The minimum absolute atomic E-state index is 0.00289. The van der Waals surface area contributed by atoms with Crippen molar-refractivity contribution in [2.75, 3.05) is 59.5 Å². The van der Waals surface area contributed by atoms with Crippen molar-refractivity contribution in [1.82, 2.24) is 46.2 Å². The lowest BCUT2D eigenvalue weighted by Gasteiger charge is -2.39. The third-order valence-corrected chi connectivity index (χ3v) is 16.9. The molecule has 1 aromatic carbocycles. The Morgan fingerprint density at radius 1 is 0.656 bits per heavy atom. The number of nitrogens with two attached hydrogens (primary N) is 7. The minimum atomic E-state index is -1.69. The highest BCUT2D eigenvalue weighted by Crippen LogP contribution is 2.31. The van der Waals surface area contributed by atoms with Gasteiger partial charge in [-0.15, -0.1) is 11.3 Å². The van der Waals surface area contributed by atoms with E-state index >= 15 is 0 Å². The van der Waals surface area contributed by atoms with Crippen molar-refractivity contribution < 1.29 is 68.0 Å². The lowest BCUT2D eigenvalue weighted by atomic mass is 9.92. The first-order chi connectivity index (χ1) is 42.9. The number of benzene rings is 1. The van der Waals surface area contributed by atoms with Crippen molar-refractivity contribution in [3.05, 3.63) is 57.8 Å². The van der Waals surface area contributed by atoms with Crippen LogP contribution in [-0.4, -0.2) is 238 Å². The number of hydrogen-bond acceptors (Lipinski definition) is 18. The molecule has 494 valence electrons. The van der Waals surface area contributed by atoms with Crippen molar-refractivity contribution in [2.24, 2.45) is 55.1 Å². The number of ether oxygens (including phenoxy) is 1. The van der Waals surface area contributed by atoms with Crippen LogP contribution < -0.4 is 66.7 Å². The molecule has 0 bridgehead atoms. The van der Waals surface area contributed by atoms with E-state index in [1.165, 1.54) is 28.2 Å². The zero-order valence-electron chi connectivity index (χ0n) is 50.2. The number of carbonyl (C=O) groups is 10. The summed E-state index contributed by atoms with van der Waals surface area (Å²) in [5.74, 6) is -8.68. The number of fused-ring (bicyclic) bond motifs is 1. The van der Waals surface area contributed by atoms with Crippen LogP contribution in [-0.2, 0) is 72.1 Å². The van der Waals surface area contributed by atoms with Crippen LogP contribution in [0.5, 0.6) is 0 Å². The number of aliphatic carboxylic acids is 1. The zero-order chi connectivity index (χ0) is 65.8. The molecule has 5 heterocycles. The number of aliphatic hydroxyl groups excluding tert-OH is 2. The van der Waals surface area contributed by atoms with Gasteiger partial charge in [0, 0.05) is 83.5 Å². The summed E-state index contributed by atoms with van der Waals surface area (Å²) in [6.07, 6.45) is -0.666. The fraction of sp³-hybridized carbons (Fsp3) is 0.589. The zero-order valence-corrected chi connectivity index (χ0v) is 51.0. The molecule has 11 atom stereocenters. The number of likely N-dealkylation sites (tertiary alicyclic amines) is 3. The second-order valence-electron chi connectivity index (χ2n) is 22.4. The van der Waals surface area contributed by atoms with Gasteiger partial charge < -0.3 is 106 Å². The van der Waals surface area contributed by atoms with Crippen molar-refractivity contribution in [2.45, 2.75) is 150 Å². The van der Waals surface area contributed by atoms with Gasteiger partial charge in [0.25, 0.3) is 0 Å². The molecule has 4 aliphatic heterocycles. The van der Waals surface area contributed by atoms with Gasteiger partial charge in [0.15, 0.2) is 17.9 Å². The summed E-state index contributed by atoms with van der Waals surface area (Å²) < 4.78 is 5.62. The lowest BCUT2D eigenvalue weighted by molar-refractivity contribution is -0.151. The van der Waals surface area contributed by atoms with Crippen molar-refractivity contribution in [3.8, 4) is 0 Å². The number of rotatable bonds is 31. The molecule has 0 unspecified atom stereocenters. The van der Waals surface area contributed by atoms with Crippen LogP contribution in [0, 0.1) is 0 Å². The van der Waals surface area contributed by atoms with Crippen LogP contribution in [0.1, 0.15) is 80.2 Å². The van der Waals surface area contributed by atoms with Crippen LogP contribution in [0.25, 0.3) is 0 Å². The summed E-state index contributed by atoms with van der Waals surface area (Å²) in [5.41, 5.74) is 40.2. The standard InChI is InChI=1S/C56H85N19O14S/c1-89-33-23-43(52(86)73-26-31-10-3-2-9-30(31)21-41(73)48(82)70-37(53(87)88)14-6-18-66-56(62)63)75(28-33)50(84)39(29-76)71-46(80)38(24-34-11-8-20-90-34)68-44(78)25-67-47(81)42-22-32(77)27-74(42)51(85)40-15-7-19-72(40)49(83)36(13-5-17-65-55(60)61)69-45(79)35(57)12-4-16-64-54(58)59/h2-3,8-11,20,32-33,35-43,76-77H,4-7,12-19,21-29,57H2,1H3,(H,67,81)(H,68,78)(H,69,79)(H,70,82)(H,71,80)(H,87,88)(H4,58,59,64)(H4,60,61,65)(H4,62,63,66)/t32-,33-,35-,36+,37+,38+,39+,40+,41+,42+,43-/m1/s1. The first-order valence-electron chi connectivity index (χ1n) is 29.7. The van der Waals surface area contributed by atoms with Gasteiger partial charge in [0.05, 0.1) is 31.4 Å². The van der Waals surface area contributed by atoms with Crippen LogP contribution in [0.4, 0.5) is 0 Å². The van der Waals surface area contributed by atoms with Gasteiger partial charge >= 0.3 is 5.97 Å². The van der Waals surface area contributed by atoms with E-state index in [0.29, 0.717) is 23.3 Å². The molecule has 3 saturated heterocycles. The molecule has 34 heteroatoms. The number of nitrogens with zero attached hydrogens (tertiary/aromatic N) is 7. The maximum absolute atomic E-state index is 14.9. The number of amides is 9. The molecule has 4 aliphatic rings. The summed E-state index contributed by atoms with van der Waals surface area (Å²) in [6, 6.07) is -1.12. The Balaban J connectivity index is 1.11. The van der Waals surface area contributed by atoms with E-state index in [0.717, 1.165) is 15.4 Å². The molecule has 22 N–H and O–H groups in total. The van der Waals surface area contributed by atoms with Crippen LogP contribution in [0.3, 0.4) is 0 Å². The number of nitrogens with one attached hydrogen (secondary N) is 5.